The standard InChI is InChI=1S/C13H16FNO2/c1-9(11-4-2-3-5-12(11)14)6-13(17)15-7-10(16)8-15/h2-5,9-10,16H,6-8H2,1H3. The number of carbonyl (C=O) groups excluding carboxylic acids is 1. The lowest BCUT2D eigenvalue weighted by molar-refractivity contribution is -0.141. The maximum atomic E-state index is 13.5. The molecule has 1 saturated heterocycles. The highest BCUT2D eigenvalue weighted by Crippen LogP contribution is 2.23. The van der Waals surface area contributed by atoms with Crippen LogP contribution in [-0.4, -0.2) is 35.1 Å². The minimum absolute atomic E-state index is 0.0222. The van der Waals surface area contributed by atoms with Gasteiger partial charge in [-0.25, -0.2) is 4.39 Å². The van der Waals surface area contributed by atoms with Gasteiger partial charge in [0.05, 0.1) is 6.10 Å². The Labute approximate surface area is 99.9 Å². The van der Waals surface area contributed by atoms with Crippen molar-refractivity contribution in [3.8, 4) is 0 Å². The number of carbonyl (C=O) groups is 1. The molecular formula is C13H16FNO2. The molecule has 0 aromatic heterocycles. The summed E-state index contributed by atoms with van der Waals surface area (Å²) in [6, 6.07) is 6.52. The topological polar surface area (TPSA) is 40.5 Å². The second-order valence-electron chi connectivity index (χ2n) is 4.58. The third-order valence-electron chi connectivity index (χ3n) is 3.13. The Balaban J connectivity index is 1.95. The van der Waals surface area contributed by atoms with Crippen molar-refractivity contribution < 1.29 is 14.3 Å². The Hall–Kier alpha value is -1.42. The lowest BCUT2D eigenvalue weighted by atomic mass is 9.96. The number of amides is 1. The number of rotatable bonds is 3. The molecule has 0 spiro atoms. The van der Waals surface area contributed by atoms with Crippen LogP contribution in [-0.2, 0) is 4.79 Å². The van der Waals surface area contributed by atoms with Crippen LogP contribution in [0.5, 0.6) is 0 Å². The summed E-state index contributed by atoms with van der Waals surface area (Å²) in [6.45, 7) is 2.65. The molecule has 0 bridgehead atoms. The smallest absolute Gasteiger partial charge is 0.223 e. The number of hydrogen-bond donors (Lipinski definition) is 1. The van der Waals surface area contributed by atoms with E-state index in [1.165, 1.54) is 6.07 Å². The molecule has 0 aliphatic carbocycles. The van der Waals surface area contributed by atoms with Crippen LogP contribution >= 0.6 is 0 Å². The predicted octanol–water partition coefficient (Wildman–Crippen LogP) is 1.52. The highest BCUT2D eigenvalue weighted by molar-refractivity contribution is 5.78. The molecule has 2 rings (SSSR count). The van der Waals surface area contributed by atoms with Crippen molar-refractivity contribution in [2.75, 3.05) is 13.1 Å². The fourth-order valence-electron chi connectivity index (χ4n) is 2.03. The van der Waals surface area contributed by atoms with Gasteiger partial charge in [0.2, 0.25) is 5.91 Å². The average Bonchev–Trinajstić information content (AvgIpc) is 2.25. The van der Waals surface area contributed by atoms with Crippen LogP contribution in [0.15, 0.2) is 24.3 Å². The van der Waals surface area contributed by atoms with Crippen LogP contribution in [0.4, 0.5) is 4.39 Å². The average molecular weight is 237 g/mol. The minimum Gasteiger partial charge on any atom is -0.389 e. The number of likely N-dealkylation sites (tertiary alicyclic amines) is 1. The summed E-state index contributed by atoms with van der Waals surface area (Å²) in [5.41, 5.74) is 0.571. The monoisotopic (exact) mass is 237 g/mol. The van der Waals surface area contributed by atoms with Gasteiger partial charge in [-0.1, -0.05) is 25.1 Å². The summed E-state index contributed by atoms with van der Waals surface area (Å²) < 4.78 is 13.5. The van der Waals surface area contributed by atoms with Crippen molar-refractivity contribution in [1.82, 2.24) is 4.90 Å². The van der Waals surface area contributed by atoms with Gasteiger partial charge in [-0.3, -0.25) is 4.79 Å². The summed E-state index contributed by atoms with van der Waals surface area (Å²) in [4.78, 5) is 13.4. The Kier molecular flexibility index (Phi) is 3.43. The highest BCUT2D eigenvalue weighted by atomic mass is 19.1. The quantitative estimate of drug-likeness (QED) is 0.866. The van der Waals surface area contributed by atoms with Gasteiger partial charge in [-0.05, 0) is 17.5 Å². The lowest BCUT2D eigenvalue weighted by Crippen LogP contribution is -2.53. The van der Waals surface area contributed by atoms with Gasteiger partial charge in [0.1, 0.15) is 5.82 Å². The van der Waals surface area contributed by atoms with Crippen molar-refractivity contribution in [2.24, 2.45) is 0 Å². The molecule has 1 amide bonds. The first-order valence-electron chi connectivity index (χ1n) is 5.78. The third-order valence-corrected chi connectivity index (χ3v) is 3.13. The number of aliphatic hydroxyl groups is 1. The number of aliphatic hydroxyl groups excluding tert-OH is 1. The van der Waals surface area contributed by atoms with Gasteiger partial charge in [-0.2, -0.15) is 0 Å². The number of benzene rings is 1. The Morgan fingerprint density at radius 2 is 2.18 bits per heavy atom. The molecule has 3 nitrogen and oxygen atoms in total. The van der Waals surface area contributed by atoms with Crippen LogP contribution < -0.4 is 0 Å². The summed E-state index contributed by atoms with van der Waals surface area (Å²) in [7, 11) is 0. The van der Waals surface area contributed by atoms with Crippen molar-refractivity contribution in [1.29, 1.82) is 0 Å². The third kappa shape index (κ3) is 2.64. The predicted molar refractivity (Wildman–Crippen MR) is 62.0 cm³/mol. The Morgan fingerprint density at radius 1 is 1.53 bits per heavy atom. The number of β-amino-alcohol motifs (C(OH)–C–C–N with tert-alkyl or cyclic N) is 1. The minimum atomic E-state index is -0.386. The molecule has 1 unspecified atom stereocenters. The fourth-order valence-corrected chi connectivity index (χ4v) is 2.03. The molecule has 0 saturated carbocycles. The van der Waals surface area contributed by atoms with E-state index in [-0.39, 0.29) is 30.2 Å². The van der Waals surface area contributed by atoms with Crippen molar-refractivity contribution >= 4 is 5.91 Å². The van der Waals surface area contributed by atoms with Gasteiger partial charge in [-0.15, -0.1) is 0 Å². The molecule has 1 aromatic carbocycles. The molecular weight excluding hydrogens is 221 g/mol. The van der Waals surface area contributed by atoms with Crippen LogP contribution in [0.25, 0.3) is 0 Å². The largest absolute Gasteiger partial charge is 0.389 e. The molecule has 1 heterocycles. The van der Waals surface area contributed by atoms with Crippen molar-refractivity contribution in [2.45, 2.75) is 25.4 Å². The summed E-state index contributed by atoms with van der Waals surface area (Å²) in [5, 5.41) is 9.11. The zero-order chi connectivity index (χ0) is 12.4. The van der Waals surface area contributed by atoms with Crippen molar-refractivity contribution in [3.63, 3.8) is 0 Å². The van der Waals surface area contributed by atoms with E-state index in [1.54, 1.807) is 23.1 Å². The number of hydrogen-bond acceptors (Lipinski definition) is 2. The first-order chi connectivity index (χ1) is 8.08. The van der Waals surface area contributed by atoms with E-state index in [2.05, 4.69) is 0 Å². The molecule has 1 aromatic rings. The van der Waals surface area contributed by atoms with Gasteiger partial charge in [0, 0.05) is 19.5 Å². The lowest BCUT2D eigenvalue weighted by Gasteiger charge is -2.36. The van der Waals surface area contributed by atoms with Crippen LogP contribution in [0.1, 0.15) is 24.8 Å². The van der Waals surface area contributed by atoms with E-state index < -0.39 is 0 Å². The van der Waals surface area contributed by atoms with E-state index in [4.69, 9.17) is 5.11 Å². The molecule has 1 aliphatic rings. The second kappa shape index (κ2) is 4.84. The summed E-state index contributed by atoms with van der Waals surface area (Å²) in [5.74, 6) is -0.427. The fraction of sp³-hybridized carbons (Fsp3) is 0.462. The molecule has 1 N–H and O–H groups in total. The van der Waals surface area contributed by atoms with Crippen LogP contribution in [0, 0.1) is 5.82 Å². The molecule has 1 fully saturated rings. The van der Waals surface area contributed by atoms with Crippen molar-refractivity contribution in [3.05, 3.63) is 35.6 Å². The molecule has 4 heteroatoms. The summed E-state index contributed by atoms with van der Waals surface area (Å²) in [6.07, 6.45) is -0.101. The summed E-state index contributed by atoms with van der Waals surface area (Å²) >= 11 is 0. The normalized spacial score (nSPS) is 17.7. The van der Waals surface area contributed by atoms with Crippen LogP contribution in [0.3, 0.4) is 0 Å². The van der Waals surface area contributed by atoms with Gasteiger partial charge in [0.25, 0.3) is 0 Å². The molecule has 17 heavy (non-hydrogen) atoms. The Bertz CT molecular complexity index is 416. The number of nitrogens with zero attached hydrogens (tertiary/aromatic N) is 1. The second-order valence-corrected chi connectivity index (χ2v) is 4.58. The molecule has 1 atom stereocenters. The first-order valence-corrected chi connectivity index (χ1v) is 5.78. The van der Waals surface area contributed by atoms with Gasteiger partial charge >= 0.3 is 0 Å². The molecule has 0 radical (unpaired) electrons. The van der Waals surface area contributed by atoms with E-state index in [9.17, 15) is 9.18 Å². The first kappa shape index (κ1) is 12.0. The van der Waals surface area contributed by atoms with Gasteiger partial charge < -0.3 is 10.0 Å². The highest BCUT2D eigenvalue weighted by Gasteiger charge is 2.29. The van der Waals surface area contributed by atoms with E-state index in [1.807, 2.05) is 6.92 Å². The number of halogens is 1. The molecule has 92 valence electrons. The molecule has 1 aliphatic heterocycles. The van der Waals surface area contributed by atoms with Gasteiger partial charge in [0.15, 0.2) is 0 Å². The SMILES string of the molecule is CC(CC(=O)N1CC(O)C1)c1ccccc1F. The zero-order valence-electron chi connectivity index (χ0n) is 9.77. The zero-order valence-corrected chi connectivity index (χ0v) is 9.77. The van der Waals surface area contributed by atoms with E-state index >= 15 is 0 Å². The van der Waals surface area contributed by atoms with Crippen LogP contribution in [0.2, 0.25) is 0 Å². The Morgan fingerprint density at radius 3 is 2.76 bits per heavy atom. The van der Waals surface area contributed by atoms with E-state index in [0.29, 0.717) is 18.7 Å². The maximum absolute atomic E-state index is 13.5. The van der Waals surface area contributed by atoms with E-state index in [0.717, 1.165) is 0 Å². The maximum Gasteiger partial charge on any atom is 0.223 e.